The minimum absolute atomic E-state index is 0.136. The van der Waals surface area contributed by atoms with E-state index < -0.39 is 6.10 Å². The molecule has 0 radical (unpaired) electrons. The second-order valence-electron chi connectivity index (χ2n) is 4.90. The van der Waals surface area contributed by atoms with E-state index in [1.807, 2.05) is 24.3 Å². The molecule has 1 heterocycles. The largest absolute Gasteiger partial charge is 0.508 e. The molecule has 0 aliphatic carbocycles. The van der Waals surface area contributed by atoms with Crippen LogP contribution >= 0.6 is 0 Å². The van der Waals surface area contributed by atoms with Gasteiger partial charge in [0, 0.05) is 12.7 Å². The van der Waals surface area contributed by atoms with E-state index in [0.29, 0.717) is 18.0 Å². The van der Waals surface area contributed by atoms with Crippen LogP contribution in [0.1, 0.15) is 0 Å². The van der Waals surface area contributed by atoms with Crippen molar-refractivity contribution in [2.45, 2.75) is 6.10 Å². The Morgan fingerprint density at radius 2 is 1.95 bits per heavy atom. The SMILES string of the molecule is CN(C(=O)C1CNc2ccccc2O1)c1ccc(O)cc1. The lowest BCUT2D eigenvalue weighted by Gasteiger charge is -2.29. The van der Waals surface area contributed by atoms with Gasteiger partial charge in [0.05, 0.1) is 12.2 Å². The average Bonchev–Trinajstić information content (AvgIpc) is 2.54. The number of phenols is 1. The first-order valence-electron chi connectivity index (χ1n) is 6.71. The van der Waals surface area contributed by atoms with E-state index in [2.05, 4.69) is 5.32 Å². The van der Waals surface area contributed by atoms with Crippen LogP contribution in [0.5, 0.6) is 11.5 Å². The van der Waals surface area contributed by atoms with Crippen molar-refractivity contribution in [1.82, 2.24) is 0 Å². The van der Waals surface area contributed by atoms with Crippen molar-refractivity contribution < 1.29 is 14.6 Å². The number of nitrogens with one attached hydrogen (secondary N) is 1. The molecule has 108 valence electrons. The fraction of sp³-hybridized carbons (Fsp3) is 0.188. The number of carbonyl (C=O) groups excluding carboxylic acids is 1. The van der Waals surface area contributed by atoms with E-state index in [1.165, 1.54) is 4.90 Å². The molecule has 3 rings (SSSR count). The third-order valence-electron chi connectivity index (χ3n) is 3.48. The molecule has 0 bridgehead atoms. The van der Waals surface area contributed by atoms with Gasteiger partial charge in [0.25, 0.3) is 5.91 Å². The van der Waals surface area contributed by atoms with Crippen molar-refractivity contribution in [1.29, 1.82) is 0 Å². The van der Waals surface area contributed by atoms with E-state index in [9.17, 15) is 9.90 Å². The lowest BCUT2D eigenvalue weighted by atomic mass is 10.2. The Labute approximate surface area is 122 Å². The number of likely N-dealkylation sites (N-methyl/N-ethyl adjacent to an activating group) is 1. The van der Waals surface area contributed by atoms with Gasteiger partial charge < -0.3 is 20.1 Å². The van der Waals surface area contributed by atoms with Crippen molar-refractivity contribution in [2.75, 3.05) is 23.8 Å². The molecule has 1 aliphatic rings. The number of ether oxygens (including phenoxy) is 1. The third-order valence-corrected chi connectivity index (χ3v) is 3.48. The smallest absolute Gasteiger partial charge is 0.269 e. The summed E-state index contributed by atoms with van der Waals surface area (Å²) in [5.41, 5.74) is 1.61. The zero-order valence-corrected chi connectivity index (χ0v) is 11.6. The van der Waals surface area contributed by atoms with Gasteiger partial charge in [-0.15, -0.1) is 0 Å². The molecule has 0 saturated carbocycles. The third kappa shape index (κ3) is 2.63. The zero-order chi connectivity index (χ0) is 14.8. The number of benzene rings is 2. The molecular weight excluding hydrogens is 268 g/mol. The lowest BCUT2D eigenvalue weighted by molar-refractivity contribution is -0.124. The zero-order valence-electron chi connectivity index (χ0n) is 11.6. The van der Waals surface area contributed by atoms with Crippen LogP contribution < -0.4 is 15.0 Å². The van der Waals surface area contributed by atoms with Crippen LogP contribution in [0, 0.1) is 0 Å². The highest BCUT2D eigenvalue weighted by molar-refractivity contribution is 5.97. The van der Waals surface area contributed by atoms with Gasteiger partial charge >= 0.3 is 0 Å². The Morgan fingerprint density at radius 1 is 1.24 bits per heavy atom. The number of para-hydroxylation sites is 2. The molecule has 1 unspecified atom stereocenters. The van der Waals surface area contributed by atoms with Crippen LogP contribution in [0.25, 0.3) is 0 Å². The predicted octanol–water partition coefficient (Wildman–Crippen LogP) is 2.23. The van der Waals surface area contributed by atoms with Crippen LogP contribution in [-0.4, -0.2) is 30.7 Å². The monoisotopic (exact) mass is 284 g/mol. The summed E-state index contributed by atoms with van der Waals surface area (Å²) in [5.74, 6) is 0.716. The predicted molar refractivity (Wildman–Crippen MR) is 80.9 cm³/mol. The van der Waals surface area contributed by atoms with Crippen molar-refractivity contribution in [3.63, 3.8) is 0 Å². The summed E-state index contributed by atoms with van der Waals surface area (Å²) in [7, 11) is 1.69. The van der Waals surface area contributed by atoms with E-state index in [-0.39, 0.29) is 11.7 Å². The summed E-state index contributed by atoms with van der Waals surface area (Å²) in [4.78, 5) is 14.0. The summed E-state index contributed by atoms with van der Waals surface area (Å²) in [6, 6.07) is 14.0. The van der Waals surface area contributed by atoms with Crippen LogP contribution in [-0.2, 0) is 4.79 Å². The van der Waals surface area contributed by atoms with Crippen LogP contribution in [0.15, 0.2) is 48.5 Å². The molecule has 0 aromatic heterocycles. The molecule has 1 atom stereocenters. The summed E-state index contributed by atoms with van der Waals surface area (Å²) < 4.78 is 5.76. The molecule has 0 saturated heterocycles. The summed E-state index contributed by atoms with van der Waals surface area (Å²) in [5, 5.41) is 12.5. The van der Waals surface area contributed by atoms with Gasteiger partial charge in [0.15, 0.2) is 6.10 Å². The topological polar surface area (TPSA) is 61.8 Å². The number of carbonyl (C=O) groups is 1. The second kappa shape index (κ2) is 5.36. The van der Waals surface area contributed by atoms with Crippen LogP contribution in [0.2, 0.25) is 0 Å². The molecular formula is C16H16N2O3. The number of amides is 1. The van der Waals surface area contributed by atoms with Gasteiger partial charge in [0.2, 0.25) is 0 Å². The second-order valence-corrected chi connectivity index (χ2v) is 4.90. The van der Waals surface area contributed by atoms with Crippen LogP contribution in [0.3, 0.4) is 0 Å². The van der Waals surface area contributed by atoms with E-state index in [4.69, 9.17) is 4.74 Å². The van der Waals surface area contributed by atoms with Gasteiger partial charge in [-0.3, -0.25) is 4.79 Å². The van der Waals surface area contributed by atoms with Crippen LogP contribution in [0.4, 0.5) is 11.4 Å². The summed E-state index contributed by atoms with van der Waals surface area (Å²) in [6.07, 6.45) is -0.571. The summed E-state index contributed by atoms with van der Waals surface area (Å²) >= 11 is 0. The quantitative estimate of drug-likeness (QED) is 0.887. The molecule has 2 N–H and O–H groups in total. The minimum atomic E-state index is -0.571. The number of anilines is 2. The minimum Gasteiger partial charge on any atom is -0.508 e. The molecule has 0 fully saturated rings. The summed E-state index contributed by atoms with van der Waals surface area (Å²) in [6.45, 7) is 0.429. The molecule has 5 heteroatoms. The highest BCUT2D eigenvalue weighted by Crippen LogP contribution is 2.29. The van der Waals surface area contributed by atoms with Gasteiger partial charge in [-0.05, 0) is 36.4 Å². The first kappa shape index (κ1) is 13.3. The van der Waals surface area contributed by atoms with Crippen molar-refractivity contribution in [2.24, 2.45) is 0 Å². The average molecular weight is 284 g/mol. The fourth-order valence-corrected chi connectivity index (χ4v) is 2.27. The fourth-order valence-electron chi connectivity index (χ4n) is 2.27. The van der Waals surface area contributed by atoms with Gasteiger partial charge in [-0.2, -0.15) is 0 Å². The molecule has 5 nitrogen and oxygen atoms in total. The number of rotatable bonds is 2. The maximum atomic E-state index is 12.5. The van der Waals surface area contributed by atoms with E-state index >= 15 is 0 Å². The maximum Gasteiger partial charge on any atom is 0.269 e. The number of aromatic hydroxyl groups is 1. The molecule has 21 heavy (non-hydrogen) atoms. The van der Waals surface area contributed by atoms with E-state index in [1.54, 1.807) is 31.3 Å². The van der Waals surface area contributed by atoms with Crippen molar-refractivity contribution in [3.8, 4) is 11.5 Å². The highest BCUT2D eigenvalue weighted by atomic mass is 16.5. The Bertz CT molecular complexity index is 655. The van der Waals surface area contributed by atoms with Crippen molar-refractivity contribution in [3.05, 3.63) is 48.5 Å². The molecule has 2 aromatic rings. The first-order valence-corrected chi connectivity index (χ1v) is 6.71. The van der Waals surface area contributed by atoms with E-state index in [0.717, 1.165) is 5.69 Å². The number of fused-ring (bicyclic) bond motifs is 1. The van der Waals surface area contributed by atoms with Gasteiger partial charge in [0.1, 0.15) is 11.5 Å². The standard InChI is InChI=1S/C16H16N2O3/c1-18(11-6-8-12(19)9-7-11)16(20)15-10-17-13-4-2-3-5-14(13)21-15/h2-9,15,17,19H,10H2,1H3. The number of nitrogens with zero attached hydrogens (tertiary/aromatic N) is 1. The Balaban J connectivity index is 1.75. The number of hydrogen-bond acceptors (Lipinski definition) is 4. The Morgan fingerprint density at radius 3 is 2.71 bits per heavy atom. The molecule has 2 aromatic carbocycles. The number of phenolic OH excluding ortho intramolecular Hbond substituents is 1. The Kier molecular flexibility index (Phi) is 3.39. The van der Waals surface area contributed by atoms with Gasteiger partial charge in [-0.25, -0.2) is 0 Å². The van der Waals surface area contributed by atoms with Crippen molar-refractivity contribution >= 4 is 17.3 Å². The normalized spacial score (nSPS) is 16.3. The lowest BCUT2D eigenvalue weighted by Crippen LogP contribution is -2.45. The highest BCUT2D eigenvalue weighted by Gasteiger charge is 2.28. The molecule has 0 spiro atoms. The molecule has 1 aliphatic heterocycles. The first-order chi connectivity index (χ1) is 10.1. The van der Waals surface area contributed by atoms with Gasteiger partial charge in [-0.1, -0.05) is 12.1 Å². The maximum absolute atomic E-state index is 12.5. The molecule has 1 amide bonds. The Hall–Kier alpha value is -2.69. The number of hydrogen-bond donors (Lipinski definition) is 2.